The minimum absolute atomic E-state index is 0.00264. The number of nitrogens with zero attached hydrogens (tertiary/aromatic N) is 2. The Hall–Kier alpha value is -2.51. The van der Waals surface area contributed by atoms with Crippen LogP contribution in [0, 0.1) is 5.82 Å². The van der Waals surface area contributed by atoms with E-state index in [1.54, 1.807) is 12.1 Å². The molecular formula is C24H31FN4OS. The van der Waals surface area contributed by atoms with E-state index < -0.39 is 0 Å². The molecule has 2 N–H and O–H groups in total. The SMILES string of the molecule is CC(NC(=S)N1CCCN(CC(=O)NCCc2ccccc2)CC1)c1ccc(F)cc1. The predicted molar refractivity (Wildman–Crippen MR) is 126 cm³/mol. The summed E-state index contributed by atoms with van der Waals surface area (Å²) in [5.41, 5.74) is 2.22. The summed E-state index contributed by atoms with van der Waals surface area (Å²) < 4.78 is 13.1. The predicted octanol–water partition coefficient (Wildman–Crippen LogP) is 3.13. The van der Waals surface area contributed by atoms with E-state index in [4.69, 9.17) is 12.2 Å². The van der Waals surface area contributed by atoms with Crippen LogP contribution in [0.25, 0.3) is 0 Å². The van der Waals surface area contributed by atoms with Gasteiger partial charge in [0.15, 0.2) is 5.11 Å². The smallest absolute Gasteiger partial charge is 0.234 e. The van der Waals surface area contributed by atoms with E-state index >= 15 is 0 Å². The minimum Gasteiger partial charge on any atom is -0.356 e. The van der Waals surface area contributed by atoms with Crippen LogP contribution in [-0.2, 0) is 11.2 Å². The highest BCUT2D eigenvalue weighted by atomic mass is 32.1. The zero-order chi connectivity index (χ0) is 22.1. The molecule has 1 aliphatic heterocycles. The van der Waals surface area contributed by atoms with Crippen molar-refractivity contribution in [3.05, 3.63) is 71.5 Å². The highest BCUT2D eigenvalue weighted by Crippen LogP contribution is 2.14. The molecule has 0 aromatic heterocycles. The fourth-order valence-corrected chi connectivity index (χ4v) is 4.05. The molecule has 5 nitrogen and oxygen atoms in total. The van der Waals surface area contributed by atoms with Gasteiger partial charge in [-0.1, -0.05) is 42.5 Å². The van der Waals surface area contributed by atoms with Crippen LogP contribution in [0.3, 0.4) is 0 Å². The zero-order valence-electron chi connectivity index (χ0n) is 18.0. The van der Waals surface area contributed by atoms with Crippen molar-refractivity contribution in [2.45, 2.75) is 25.8 Å². The molecule has 1 fully saturated rings. The minimum atomic E-state index is -0.241. The number of rotatable bonds is 7. The topological polar surface area (TPSA) is 47.6 Å². The Balaban J connectivity index is 1.39. The highest BCUT2D eigenvalue weighted by molar-refractivity contribution is 7.80. The molecular weight excluding hydrogens is 411 g/mol. The normalized spacial score (nSPS) is 15.7. The molecule has 1 saturated heterocycles. The van der Waals surface area contributed by atoms with Crippen molar-refractivity contribution < 1.29 is 9.18 Å². The maximum Gasteiger partial charge on any atom is 0.234 e. The Morgan fingerprint density at radius 1 is 1.06 bits per heavy atom. The lowest BCUT2D eigenvalue weighted by atomic mass is 10.1. The van der Waals surface area contributed by atoms with E-state index in [-0.39, 0.29) is 17.8 Å². The van der Waals surface area contributed by atoms with Crippen LogP contribution in [0.1, 0.15) is 30.5 Å². The zero-order valence-corrected chi connectivity index (χ0v) is 18.8. The van der Waals surface area contributed by atoms with Gasteiger partial charge in [-0.05, 0) is 55.2 Å². The monoisotopic (exact) mass is 442 g/mol. The maximum absolute atomic E-state index is 13.1. The van der Waals surface area contributed by atoms with Gasteiger partial charge in [-0.2, -0.15) is 0 Å². The van der Waals surface area contributed by atoms with Crippen molar-refractivity contribution >= 4 is 23.2 Å². The first-order valence-corrected chi connectivity index (χ1v) is 11.3. The van der Waals surface area contributed by atoms with Crippen LogP contribution >= 0.6 is 12.2 Å². The second-order valence-corrected chi connectivity index (χ2v) is 8.31. The summed E-state index contributed by atoms with van der Waals surface area (Å²) in [4.78, 5) is 16.7. The fourth-order valence-electron chi connectivity index (χ4n) is 3.69. The molecule has 0 spiro atoms. The maximum atomic E-state index is 13.1. The lowest BCUT2D eigenvalue weighted by Crippen LogP contribution is -2.43. The highest BCUT2D eigenvalue weighted by Gasteiger charge is 2.19. The number of hydrogen-bond donors (Lipinski definition) is 2. The molecule has 1 atom stereocenters. The quantitative estimate of drug-likeness (QED) is 0.646. The van der Waals surface area contributed by atoms with Gasteiger partial charge >= 0.3 is 0 Å². The number of carbonyl (C=O) groups excluding carboxylic acids is 1. The molecule has 166 valence electrons. The molecule has 1 aliphatic rings. The largest absolute Gasteiger partial charge is 0.356 e. The molecule has 0 saturated carbocycles. The Bertz CT molecular complexity index is 846. The van der Waals surface area contributed by atoms with Crippen molar-refractivity contribution in [1.82, 2.24) is 20.4 Å². The Labute approximate surface area is 189 Å². The molecule has 31 heavy (non-hydrogen) atoms. The van der Waals surface area contributed by atoms with Gasteiger partial charge in [-0.25, -0.2) is 4.39 Å². The van der Waals surface area contributed by atoms with Crippen molar-refractivity contribution in [2.24, 2.45) is 0 Å². The average Bonchev–Trinajstić information content (AvgIpc) is 3.00. The van der Waals surface area contributed by atoms with E-state index in [9.17, 15) is 9.18 Å². The number of carbonyl (C=O) groups is 1. The number of halogens is 1. The molecule has 0 bridgehead atoms. The van der Waals surface area contributed by atoms with E-state index in [0.29, 0.717) is 18.2 Å². The number of thiocarbonyl (C=S) groups is 1. The van der Waals surface area contributed by atoms with Gasteiger partial charge in [0.25, 0.3) is 0 Å². The second-order valence-electron chi connectivity index (χ2n) is 7.93. The van der Waals surface area contributed by atoms with Crippen LogP contribution < -0.4 is 10.6 Å². The van der Waals surface area contributed by atoms with E-state index in [1.807, 2.05) is 25.1 Å². The molecule has 3 rings (SSSR count). The number of hydrogen-bond acceptors (Lipinski definition) is 3. The summed E-state index contributed by atoms with van der Waals surface area (Å²) in [5.74, 6) is -0.176. The molecule has 0 radical (unpaired) electrons. The summed E-state index contributed by atoms with van der Waals surface area (Å²) in [5, 5.41) is 7.07. The molecule has 1 heterocycles. The Morgan fingerprint density at radius 3 is 2.55 bits per heavy atom. The van der Waals surface area contributed by atoms with E-state index in [1.165, 1.54) is 17.7 Å². The van der Waals surface area contributed by atoms with Crippen LogP contribution in [0.15, 0.2) is 54.6 Å². The van der Waals surface area contributed by atoms with Crippen molar-refractivity contribution in [3.63, 3.8) is 0 Å². The van der Waals surface area contributed by atoms with Gasteiger partial charge in [0, 0.05) is 32.7 Å². The van der Waals surface area contributed by atoms with Crippen LogP contribution in [-0.4, -0.2) is 60.1 Å². The van der Waals surface area contributed by atoms with E-state index in [0.717, 1.165) is 44.6 Å². The number of benzene rings is 2. The first-order chi connectivity index (χ1) is 15.0. The fraction of sp³-hybridized carbons (Fsp3) is 0.417. The second kappa shape index (κ2) is 11.8. The lowest BCUT2D eigenvalue weighted by molar-refractivity contribution is -0.122. The number of amides is 1. The molecule has 0 aliphatic carbocycles. The van der Waals surface area contributed by atoms with Gasteiger partial charge in [0.2, 0.25) is 5.91 Å². The molecule has 2 aromatic carbocycles. The third-order valence-electron chi connectivity index (χ3n) is 5.53. The summed E-state index contributed by atoms with van der Waals surface area (Å²) in [6.07, 6.45) is 1.79. The first-order valence-electron chi connectivity index (χ1n) is 10.8. The summed E-state index contributed by atoms with van der Waals surface area (Å²) in [6, 6.07) is 16.6. The van der Waals surface area contributed by atoms with Gasteiger partial charge in [-0.15, -0.1) is 0 Å². The Kier molecular flexibility index (Phi) is 8.79. The Morgan fingerprint density at radius 2 is 1.81 bits per heavy atom. The van der Waals surface area contributed by atoms with Gasteiger partial charge in [0.05, 0.1) is 12.6 Å². The third kappa shape index (κ3) is 7.60. The van der Waals surface area contributed by atoms with Gasteiger partial charge < -0.3 is 15.5 Å². The van der Waals surface area contributed by atoms with Gasteiger partial charge in [-0.3, -0.25) is 9.69 Å². The third-order valence-corrected chi connectivity index (χ3v) is 5.91. The molecule has 1 unspecified atom stereocenters. The molecule has 7 heteroatoms. The first kappa shape index (κ1) is 23.2. The van der Waals surface area contributed by atoms with Crippen molar-refractivity contribution in [2.75, 3.05) is 39.3 Å². The summed E-state index contributed by atoms with van der Waals surface area (Å²) >= 11 is 5.61. The molecule has 2 aromatic rings. The average molecular weight is 443 g/mol. The van der Waals surface area contributed by atoms with Crippen LogP contribution in [0.2, 0.25) is 0 Å². The molecule has 1 amide bonds. The van der Waals surface area contributed by atoms with Crippen molar-refractivity contribution in [3.8, 4) is 0 Å². The van der Waals surface area contributed by atoms with Crippen LogP contribution in [0.5, 0.6) is 0 Å². The van der Waals surface area contributed by atoms with Crippen molar-refractivity contribution in [1.29, 1.82) is 0 Å². The summed E-state index contributed by atoms with van der Waals surface area (Å²) in [7, 11) is 0. The lowest BCUT2D eigenvalue weighted by Gasteiger charge is -2.27. The van der Waals surface area contributed by atoms with Crippen LogP contribution in [0.4, 0.5) is 4.39 Å². The van der Waals surface area contributed by atoms with E-state index in [2.05, 4.69) is 32.6 Å². The summed E-state index contributed by atoms with van der Waals surface area (Å²) in [6.45, 7) is 6.38. The number of nitrogens with one attached hydrogen (secondary N) is 2. The van der Waals surface area contributed by atoms with Gasteiger partial charge in [0.1, 0.15) is 5.82 Å². The standard InChI is InChI=1S/C24H31FN4OS/c1-19(21-8-10-22(25)11-9-21)27-24(31)29-15-5-14-28(16-17-29)18-23(30)26-13-12-20-6-3-2-4-7-20/h2-4,6-11,19H,5,12-18H2,1H3,(H,26,30)(H,27,31).